The summed E-state index contributed by atoms with van der Waals surface area (Å²) >= 11 is 1.68. The highest BCUT2D eigenvalue weighted by molar-refractivity contribution is 7.97. The van der Waals surface area contributed by atoms with E-state index in [1.807, 2.05) is 73.2 Å². The lowest BCUT2D eigenvalue weighted by atomic mass is 10.1. The van der Waals surface area contributed by atoms with Crippen LogP contribution < -0.4 is 10.6 Å². The van der Waals surface area contributed by atoms with Gasteiger partial charge in [0, 0.05) is 11.7 Å². The molecule has 0 aliphatic carbocycles. The Balaban J connectivity index is 1.66. The van der Waals surface area contributed by atoms with Gasteiger partial charge in [-0.05, 0) is 49.9 Å². The number of fused-ring (bicyclic) bond motifs is 1. The van der Waals surface area contributed by atoms with Crippen LogP contribution in [0.5, 0.6) is 0 Å². The van der Waals surface area contributed by atoms with Crippen LogP contribution in [-0.4, -0.2) is 33.7 Å². The zero-order valence-corrected chi connectivity index (χ0v) is 17.8. The molecule has 0 unspecified atom stereocenters. The predicted octanol–water partition coefficient (Wildman–Crippen LogP) is 3.61. The predicted molar refractivity (Wildman–Crippen MR) is 119 cm³/mol. The molecule has 2 N–H and O–H groups in total. The van der Waals surface area contributed by atoms with Crippen LogP contribution in [0.25, 0.3) is 11.0 Å². The fourth-order valence-corrected chi connectivity index (χ4v) is 3.63. The Kier molecular flexibility index (Phi) is 6.93. The van der Waals surface area contributed by atoms with Crippen LogP contribution >= 0.6 is 11.8 Å². The first-order chi connectivity index (χ1) is 14.0. The van der Waals surface area contributed by atoms with Crippen molar-refractivity contribution in [3.8, 4) is 0 Å². The summed E-state index contributed by atoms with van der Waals surface area (Å²) in [6.07, 6.45) is 2.35. The lowest BCUT2D eigenvalue weighted by Gasteiger charge is -2.11. The molecule has 3 rings (SSSR count). The monoisotopic (exact) mass is 410 g/mol. The van der Waals surface area contributed by atoms with Crippen LogP contribution in [-0.2, 0) is 28.3 Å². The number of carbonyl (C=O) groups is 2. The second-order valence-corrected chi connectivity index (χ2v) is 8.05. The van der Waals surface area contributed by atoms with E-state index in [4.69, 9.17) is 0 Å². The number of hydrogen-bond donors (Lipinski definition) is 2. The highest BCUT2D eigenvalue weighted by Gasteiger charge is 2.13. The number of thioether (sulfide) groups is 1. The van der Waals surface area contributed by atoms with Gasteiger partial charge >= 0.3 is 0 Å². The number of carbonyl (C=O) groups excluding carboxylic acids is 2. The van der Waals surface area contributed by atoms with Crippen molar-refractivity contribution >= 4 is 40.3 Å². The van der Waals surface area contributed by atoms with Gasteiger partial charge in [-0.3, -0.25) is 9.59 Å². The van der Waals surface area contributed by atoms with Crippen molar-refractivity contribution < 1.29 is 9.59 Å². The Morgan fingerprint density at radius 2 is 1.79 bits per heavy atom. The molecule has 0 atom stereocenters. The molecule has 0 aliphatic heterocycles. The van der Waals surface area contributed by atoms with Crippen LogP contribution in [0.3, 0.4) is 0 Å². The van der Waals surface area contributed by atoms with Gasteiger partial charge in [-0.2, -0.15) is 11.8 Å². The van der Waals surface area contributed by atoms with Gasteiger partial charge in [-0.1, -0.05) is 24.3 Å². The lowest BCUT2D eigenvalue weighted by molar-refractivity contribution is -0.121. The molecule has 0 saturated carbocycles. The number of rotatable bonds is 8. The van der Waals surface area contributed by atoms with Gasteiger partial charge in [0.25, 0.3) is 0 Å². The topological polar surface area (TPSA) is 76.0 Å². The molecule has 0 aliphatic rings. The van der Waals surface area contributed by atoms with Crippen LogP contribution in [0.2, 0.25) is 0 Å². The van der Waals surface area contributed by atoms with Gasteiger partial charge in [0.05, 0.1) is 23.2 Å². The molecule has 6 nitrogen and oxygen atoms in total. The number of hydrogen-bond acceptors (Lipinski definition) is 4. The summed E-state index contributed by atoms with van der Waals surface area (Å²) in [6.45, 7) is 4.07. The summed E-state index contributed by atoms with van der Waals surface area (Å²) in [5.74, 6) is 1.51. The molecule has 0 radical (unpaired) electrons. The summed E-state index contributed by atoms with van der Waals surface area (Å²) in [5, 5.41) is 5.81. The van der Waals surface area contributed by atoms with E-state index < -0.39 is 0 Å². The molecule has 3 aromatic rings. The Bertz CT molecular complexity index is 996. The second kappa shape index (κ2) is 9.60. The van der Waals surface area contributed by atoms with Crippen molar-refractivity contribution in [2.75, 3.05) is 11.6 Å². The normalized spacial score (nSPS) is 11.0. The molecule has 1 heterocycles. The SMILES string of the molecule is CSCc1nc2ccccc2n1CC(=O)Nc1ccc(CC(=O)NC(C)C)cc1. The summed E-state index contributed by atoms with van der Waals surface area (Å²) in [5.41, 5.74) is 3.47. The Labute approximate surface area is 175 Å². The third kappa shape index (κ3) is 5.60. The van der Waals surface area contributed by atoms with Crippen molar-refractivity contribution in [3.05, 3.63) is 59.9 Å². The van der Waals surface area contributed by atoms with E-state index in [1.165, 1.54) is 0 Å². The van der Waals surface area contributed by atoms with E-state index >= 15 is 0 Å². The maximum absolute atomic E-state index is 12.6. The third-order valence-corrected chi connectivity index (χ3v) is 4.91. The molecule has 29 heavy (non-hydrogen) atoms. The highest BCUT2D eigenvalue weighted by Crippen LogP contribution is 2.19. The van der Waals surface area contributed by atoms with Crippen LogP contribution in [0.1, 0.15) is 25.2 Å². The number of benzene rings is 2. The Hall–Kier alpha value is -2.80. The van der Waals surface area contributed by atoms with Gasteiger partial charge < -0.3 is 15.2 Å². The zero-order chi connectivity index (χ0) is 20.8. The maximum atomic E-state index is 12.6. The number of amides is 2. The number of nitrogens with one attached hydrogen (secondary N) is 2. The average Bonchev–Trinajstić information content (AvgIpc) is 3.00. The number of imidazole rings is 1. The van der Waals surface area contributed by atoms with E-state index in [0.717, 1.165) is 28.2 Å². The molecule has 2 amide bonds. The van der Waals surface area contributed by atoms with Gasteiger partial charge in [-0.15, -0.1) is 0 Å². The Morgan fingerprint density at radius 3 is 2.48 bits per heavy atom. The quantitative estimate of drug-likeness (QED) is 0.595. The number of nitrogens with zero attached hydrogens (tertiary/aromatic N) is 2. The molecule has 7 heteroatoms. The number of para-hydroxylation sites is 2. The molecule has 0 saturated heterocycles. The van der Waals surface area contributed by atoms with Crippen LogP contribution in [0, 0.1) is 0 Å². The second-order valence-electron chi connectivity index (χ2n) is 7.18. The smallest absolute Gasteiger partial charge is 0.244 e. The van der Waals surface area contributed by atoms with Gasteiger partial charge in [0.15, 0.2) is 0 Å². The molecule has 0 bridgehead atoms. The molecule has 0 spiro atoms. The summed E-state index contributed by atoms with van der Waals surface area (Å²) < 4.78 is 1.96. The minimum absolute atomic E-state index is 0.00917. The van der Waals surface area contributed by atoms with Gasteiger partial charge in [-0.25, -0.2) is 4.98 Å². The van der Waals surface area contributed by atoms with Crippen molar-refractivity contribution in [2.45, 2.75) is 38.6 Å². The molecule has 152 valence electrons. The minimum atomic E-state index is -0.110. The fourth-order valence-electron chi connectivity index (χ4n) is 3.15. The third-order valence-electron chi connectivity index (χ3n) is 4.36. The van der Waals surface area contributed by atoms with Crippen molar-refractivity contribution in [3.63, 3.8) is 0 Å². The van der Waals surface area contributed by atoms with Gasteiger partial charge in [0.2, 0.25) is 11.8 Å². The van der Waals surface area contributed by atoms with Crippen molar-refractivity contribution in [2.24, 2.45) is 0 Å². The average molecular weight is 411 g/mol. The fraction of sp³-hybridized carbons (Fsp3) is 0.318. The number of aromatic nitrogens is 2. The van der Waals surface area contributed by atoms with Crippen molar-refractivity contribution in [1.29, 1.82) is 0 Å². The molecular formula is C22H26N4O2S. The molecule has 1 aromatic heterocycles. The van der Waals surface area contributed by atoms with Crippen LogP contribution in [0.4, 0.5) is 5.69 Å². The first kappa shape index (κ1) is 20.9. The highest BCUT2D eigenvalue weighted by atomic mass is 32.2. The van der Waals surface area contributed by atoms with E-state index in [1.54, 1.807) is 11.8 Å². The summed E-state index contributed by atoms with van der Waals surface area (Å²) in [4.78, 5) is 29.1. The van der Waals surface area contributed by atoms with Gasteiger partial charge in [0.1, 0.15) is 12.4 Å². The Morgan fingerprint density at radius 1 is 1.07 bits per heavy atom. The largest absolute Gasteiger partial charge is 0.354 e. The lowest BCUT2D eigenvalue weighted by Crippen LogP contribution is -2.31. The maximum Gasteiger partial charge on any atom is 0.244 e. The molecule has 2 aromatic carbocycles. The summed E-state index contributed by atoms with van der Waals surface area (Å²) in [7, 11) is 0. The van der Waals surface area contributed by atoms with Crippen molar-refractivity contribution in [1.82, 2.24) is 14.9 Å². The standard InChI is InChI=1S/C22H26N4O2S/c1-15(2)23-21(27)12-16-8-10-17(11-9-16)24-22(28)13-26-19-7-5-4-6-18(19)25-20(26)14-29-3/h4-11,15H,12-14H2,1-3H3,(H,23,27)(H,24,28). The van der Waals surface area contributed by atoms with E-state index in [2.05, 4.69) is 15.6 Å². The molecule has 0 fully saturated rings. The van der Waals surface area contributed by atoms with E-state index in [-0.39, 0.29) is 24.4 Å². The van der Waals surface area contributed by atoms with E-state index in [0.29, 0.717) is 12.1 Å². The minimum Gasteiger partial charge on any atom is -0.354 e. The zero-order valence-electron chi connectivity index (χ0n) is 16.9. The summed E-state index contributed by atoms with van der Waals surface area (Å²) in [6, 6.07) is 15.3. The first-order valence-corrected chi connectivity index (χ1v) is 11.0. The molecular weight excluding hydrogens is 384 g/mol. The first-order valence-electron chi connectivity index (χ1n) is 9.57. The number of anilines is 1. The van der Waals surface area contributed by atoms with Crippen LogP contribution in [0.15, 0.2) is 48.5 Å². The van der Waals surface area contributed by atoms with E-state index in [9.17, 15) is 9.59 Å².